The number of ether oxygens (including phenoxy) is 1. The Morgan fingerprint density at radius 1 is 1.00 bits per heavy atom. The molecule has 1 N–H and O–H groups in total. The second kappa shape index (κ2) is 9.69. The van der Waals surface area contributed by atoms with Crippen LogP contribution in [-0.2, 0) is 21.3 Å². The van der Waals surface area contributed by atoms with Crippen LogP contribution in [0.25, 0.3) is 0 Å². The number of hydrogen-bond acceptors (Lipinski definition) is 6. The molecule has 8 heteroatoms. The Balaban J connectivity index is 1.63. The first-order chi connectivity index (χ1) is 15.1. The summed E-state index contributed by atoms with van der Waals surface area (Å²) in [7, 11) is -3.52. The molecule has 0 radical (unpaired) electrons. The van der Waals surface area contributed by atoms with E-state index in [2.05, 4.69) is 16.3 Å². The van der Waals surface area contributed by atoms with Crippen LogP contribution < -0.4 is 10.2 Å². The molecule has 164 valence electrons. The van der Waals surface area contributed by atoms with Gasteiger partial charge in [-0.05, 0) is 48.7 Å². The lowest BCUT2D eigenvalue weighted by Gasteiger charge is -2.31. The van der Waals surface area contributed by atoms with Crippen molar-refractivity contribution in [3.05, 3.63) is 53.6 Å². The molecule has 4 rings (SSSR count). The maximum absolute atomic E-state index is 13.2. The van der Waals surface area contributed by atoms with Gasteiger partial charge in [0.2, 0.25) is 10.0 Å². The molecule has 0 unspecified atom stereocenters. The van der Waals surface area contributed by atoms with Gasteiger partial charge < -0.3 is 15.0 Å². The molecule has 31 heavy (non-hydrogen) atoms. The van der Waals surface area contributed by atoms with Crippen LogP contribution in [0.3, 0.4) is 0 Å². The fraction of sp³-hybridized carbons (Fsp3) is 0.435. The van der Waals surface area contributed by atoms with E-state index in [-0.39, 0.29) is 0 Å². The maximum atomic E-state index is 13.2. The average Bonchev–Trinajstić information content (AvgIpc) is 2.84. The van der Waals surface area contributed by atoms with Gasteiger partial charge in [0.05, 0.1) is 41.1 Å². The van der Waals surface area contributed by atoms with Crippen molar-refractivity contribution in [3.8, 4) is 6.07 Å². The Morgan fingerprint density at radius 3 is 2.52 bits per heavy atom. The van der Waals surface area contributed by atoms with E-state index in [1.165, 1.54) is 0 Å². The molecule has 2 aromatic rings. The Morgan fingerprint density at radius 2 is 1.77 bits per heavy atom. The summed E-state index contributed by atoms with van der Waals surface area (Å²) in [5, 5.41) is 12.6. The Bertz CT molecular complexity index is 1050. The van der Waals surface area contributed by atoms with E-state index in [0.717, 1.165) is 49.3 Å². The van der Waals surface area contributed by atoms with Crippen molar-refractivity contribution >= 4 is 21.4 Å². The van der Waals surface area contributed by atoms with Crippen LogP contribution in [0.15, 0.2) is 47.4 Å². The monoisotopic (exact) mass is 440 g/mol. The second-order valence-electron chi connectivity index (χ2n) is 7.91. The second-order valence-corrected chi connectivity index (χ2v) is 9.85. The van der Waals surface area contributed by atoms with Crippen molar-refractivity contribution in [2.45, 2.75) is 30.7 Å². The van der Waals surface area contributed by atoms with Gasteiger partial charge in [-0.2, -0.15) is 9.57 Å². The van der Waals surface area contributed by atoms with Crippen LogP contribution in [-0.4, -0.2) is 52.1 Å². The molecule has 0 atom stereocenters. The van der Waals surface area contributed by atoms with Crippen molar-refractivity contribution in [3.63, 3.8) is 0 Å². The highest BCUT2D eigenvalue weighted by Gasteiger charge is 2.27. The molecule has 2 aliphatic rings. The van der Waals surface area contributed by atoms with E-state index in [0.29, 0.717) is 43.3 Å². The van der Waals surface area contributed by atoms with Crippen molar-refractivity contribution in [1.82, 2.24) is 4.31 Å². The summed E-state index contributed by atoms with van der Waals surface area (Å²) in [4.78, 5) is 2.54. The lowest BCUT2D eigenvalue weighted by atomic mass is 10.1. The van der Waals surface area contributed by atoms with Crippen molar-refractivity contribution in [2.24, 2.45) is 0 Å². The summed E-state index contributed by atoms with van der Waals surface area (Å²) in [5.74, 6) is 0. The van der Waals surface area contributed by atoms with Gasteiger partial charge in [-0.3, -0.25) is 0 Å². The van der Waals surface area contributed by atoms with Crippen LogP contribution in [0.1, 0.15) is 30.4 Å². The van der Waals surface area contributed by atoms with Crippen LogP contribution in [0, 0.1) is 11.3 Å². The highest BCUT2D eigenvalue weighted by Crippen LogP contribution is 2.32. The van der Waals surface area contributed by atoms with Gasteiger partial charge in [0.25, 0.3) is 0 Å². The topological polar surface area (TPSA) is 85.7 Å². The smallest absolute Gasteiger partial charge is 0.243 e. The molecule has 2 aliphatic heterocycles. The van der Waals surface area contributed by atoms with Gasteiger partial charge in [-0.25, -0.2) is 8.42 Å². The molecule has 2 aromatic carbocycles. The van der Waals surface area contributed by atoms with Gasteiger partial charge in [0.15, 0.2) is 0 Å². The summed E-state index contributed by atoms with van der Waals surface area (Å²) in [5.41, 5.74) is 3.32. The van der Waals surface area contributed by atoms with Crippen LogP contribution >= 0.6 is 0 Å². The molecule has 2 heterocycles. The fourth-order valence-corrected chi connectivity index (χ4v) is 5.64. The third-order valence-electron chi connectivity index (χ3n) is 5.81. The Kier molecular flexibility index (Phi) is 6.76. The van der Waals surface area contributed by atoms with Gasteiger partial charge in [0, 0.05) is 32.7 Å². The van der Waals surface area contributed by atoms with Crippen molar-refractivity contribution in [2.75, 3.05) is 49.6 Å². The molecular weight excluding hydrogens is 412 g/mol. The van der Waals surface area contributed by atoms with E-state index < -0.39 is 10.0 Å². The zero-order chi connectivity index (χ0) is 21.7. The van der Waals surface area contributed by atoms with Crippen molar-refractivity contribution < 1.29 is 13.2 Å². The molecule has 2 saturated heterocycles. The molecule has 0 saturated carbocycles. The minimum atomic E-state index is -3.52. The van der Waals surface area contributed by atoms with Gasteiger partial charge in [-0.15, -0.1) is 0 Å². The number of nitrogens with one attached hydrogen (secondary N) is 1. The largest absolute Gasteiger partial charge is 0.379 e. The normalized spacial score (nSPS) is 17.8. The highest BCUT2D eigenvalue weighted by molar-refractivity contribution is 7.89. The lowest BCUT2D eigenvalue weighted by Crippen LogP contribution is -2.37. The SMILES string of the molecule is N#Cc1cccc(CNc2cc(S(=O)(=O)N3CCCCC3)ccc2N2CCOCC2)c1. The van der Waals surface area contributed by atoms with Crippen LogP contribution in [0.2, 0.25) is 0 Å². The van der Waals surface area contributed by atoms with Gasteiger partial charge in [0.1, 0.15) is 0 Å². The fourth-order valence-electron chi connectivity index (χ4n) is 4.10. The number of anilines is 2. The van der Waals surface area contributed by atoms with E-state index in [1.807, 2.05) is 24.3 Å². The first kappa shape index (κ1) is 21.6. The Labute approximate surface area is 184 Å². The minimum Gasteiger partial charge on any atom is -0.379 e. The first-order valence-electron chi connectivity index (χ1n) is 10.8. The van der Waals surface area contributed by atoms with Crippen LogP contribution in [0.5, 0.6) is 0 Å². The number of nitrogens with zero attached hydrogens (tertiary/aromatic N) is 3. The number of morpholine rings is 1. The molecule has 2 fully saturated rings. The average molecular weight is 441 g/mol. The summed E-state index contributed by atoms with van der Waals surface area (Å²) in [6, 6.07) is 15.0. The molecule has 0 amide bonds. The number of hydrogen-bond donors (Lipinski definition) is 1. The summed E-state index contributed by atoms with van der Waals surface area (Å²) in [6.07, 6.45) is 2.90. The zero-order valence-electron chi connectivity index (χ0n) is 17.6. The van der Waals surface area contributed by atoms with Crippen LogP contribution in [0.4, 0.5) is 11.4 Å². The first-order valence-corrected chi connectivity index (χ1v) is 12.2. The number of piperidine rings is 1. The lowest BCUT2D eigenvalue weighted by molar-refractivity contribution is 0.123. The predicted octanol–water partition coefficient (Wildman–Crippen LogP) is 3.18. The van der Waals surface area contributed by atoms with E-state index in [1.54, 1.807) is 22.5 Å². The Hall–Kier alpha value is -2.60. The van der Waals surface area contributed by atoms with Gasteiger partial charge in [-0.1, -0.05) is 18.6 Å². The molecule has 7 nitrogen and oxygen atoms in total. The molecule has 0 bridgehead atoms. The standard InChI is InChI=1S/C23H28N4O3S/c24-17-19-5-4-6-20(15-19)18-25-22-16-21(31(28,29)27-9-2-1-3-10-27)7-8-23(22)26-11-13-30-14-12-26/h4-8,15-16,25H,1-3,9-14,18H2. The number of nitriles is 1. The van der Waals surface area contributed by atoms with E-state index in [9.17, 15) is 8.42 Å². The van der Waals surface area contributed by atoms with E-state index >= 15 is 0 Å². The number of rotatable bonds is 6. The summed E-state index contributed by atoms with van der Waals surface area (Å²) >= 11 is 0. The highest BCUT2D eigenvalue weighted by atomic mass is 32.2. The summed E-state index contributed by atoms with van der Waals surface area (Å²) in [6.45, 7) is 4.48. The maximum Gasteiger partial charge on any atom is 0.243 e. The number of benzene rings is 2. The molecular formula is C23H28N4O3S. The van der Waals surface area contributed by atoms with Gasteiger partial charge >= 0.3 is 0 Å². The quantitative estimate of drug-likeness (QED) is 0.743. The zero-order valence-corrected chi connectivity index (χ0v) is 18.4. The molecule has 0 aliphatic carbocycles. The minimum absolute atomic E-state index is 0.319. The van der Waals surface area contributed by atoms with Crippen molar-refractivity contribution in [1.29, 1.82) is 5.26 Å². The molecule has 0 spiro atoms. The summed E-state index contributed by atoms with van der Waals surface area (Å²) < 4.78 is 33.5. The molecule has 0 aromatic heterocycles. The third-order valence-corrected chi connectivity index (χ3v) is 7.71. The third kappa shape index (κ3) is 5.01. The predicted molar refractivity (Wildman–Crippen MR) is 121 cm³/mol. The number of sulfonamides is 1. The van der Waals surface area contributed by atoms with E-state index in [4.69, 9.17) is 10.00 Å².